The minimum atomic E-state index is -0.172. The first-order valence-corrected chi connectivity index (χ1v) is 7.43. The number of benzene rings is 2. The fraction of sp³-hybridized carbons (Fsp3) is 0.0588. The van der Waals surface area contributed by atoms with Gasteiger partial charge in [-0.15, -0.1) is 0 Å². The second-order valence-corrected chi connectivity index (χ2v) is 5.71. The summed E-state index contributed by atoms with van der Waals surface area (Å²) in [6.45, 7) is 1.80. The number of anilines is 1. The fourth-order valence-corrected chi connectivity index (χ4v) is 2.67. The molecule has 0 saturated carbocycles. The Morgan fingerprint density at radius 2 is 1.82 bits per heavy atom. The van der Waals surface area contributed by atoms with Crippen molar-refractivity contribution < 1.29 is 4.79 Å². The van der Waals surface area contributed by atoms with E-state index in [2.05, 4.69) is 5.10 Å². The zero-order valence-electron chi connectivity index (χ0n) is 11.8. The number of carbonyl (C=O) groups excluding carboxylic acids is 1. The van der Waals surface area contributed by atoms with Gasteiger partial charge in [0.1, 0.15) is 0 Å². The Hall–Kier alpha value is -2.10. The largest absolute Gasteiger partial charge is 0.280 e. The molecule has 0 N–H and O–H groups in total. The first-order valence-electron chi connectivity index (χ1n) is 6.68. The van der Waals surface area contributed by atoms with E-state index in [0.29, 0.717) is 21.3 Å². The molecule has 0 saturated heterocycles. The lowest BCUT2D eigenvalue weighted by atomic mass is 10.1. The van der Waals surface area contributed by atoms with E-state index in [1.807, 2.05) is 30.3 Å². The minimum absolute atomic E-state index is 0.172. The Morgan fingerprint density at radius 3 is 2.50 bits per heavy atom. The number of amides is 1. The van der Waals surface area contributed by atoms with Crippen molar-refractivity contribution in [3.63, 3.8) is 0 Å². The van der Waals surface area contributed by atoms with Gasteiger partial charge in [-0.25, -0.2) is 0 Å². The Balaban J connectivity index is 1.98. The predicted molar refractivity (Wildman–Crippen MR) is 91.5 cm³/mol. The van der Waals surface area contributed by atoms with Crippen LogP contribution in [0.4, 0.5) is 5.69 Å². The molecule has 3 rings (SSSR count). The van der Waals surface area contributed by atoms with Crippen LogP contribution in [0.1, 0.15) is 12.5 Å². The van der Waals surface area contributed by atoms with Crippen molar-refractivity contribution in [3.8, 4) is 0 Å². The normalized spacial score (nSPS) is 16.3. The van der Waals surface area contributed by atoms with Gasteiger partial charge in [0.15, 0.2) is 0 Å². The standard InChI is InChI=1S/C17H12Cl2N2O/c1-11-15(9-12-7-8-13(18)10-16(12)19)17(22)21(20-11)14-5-3-2-4-6-14/h2-10H,1H3/b15-9+. The quantitative estimate of drug-likeness (QED) is 0.728. The van der Waals surface area contributed by atoms with E-state index in [4.69, 9.17) is 23.2 Å². The van der Waals surface area contributed by atoms with Crippen LogP contribution >= 0.6 is 23.2 Å². The summed E-state index contributed by atoms with van der Waals surface area (Å²) in [5.41, 5.74) is 2.64. The summed E-state index contributed by atoms with van der Waals surface area (Å²) in [4.78, 5) is 12.6. The highest BCUT2D eigenvalue weighted by Gasteiger charge is 2.28. The monoisotopic (exact) mass is 330 g/mol. The van der Waals surface area contributed by atoms with Crippen molar-refractivity contribution in [1.82, 2.24) is 0 Å². The van der Waals surface area contributed by atoms with Crippen LogP contribution in [0.3, 0.4) is 0 Å². The van der Waals surface area contributed by atoms with Crippen LogP contribution in [-0.2, 0) is 4.79 Å². The molecule has 1 aliphatic heterocycles. The van der Waals surface area contributed by atoms with Crippen LogP contribution in [0, 0.1) is 0 Å². The highest BCUT2D eigenvalue weighted by atomic mass is 35.5. The molecule has 1 heterocycles. The van der Waals surface area contributed by atoms with E-state index in [9.17, 15) is 4.79 Å². The molecule has 110 valence electrons. The molecule has 0 radical (unpaired) electrons. The van der Waals surface area contributed by atoms with E-state index in [-0.39, 0.29) is 5.91 Å². The van der Waals surface area contributed by atoms with Gasteiger partial charge >= 0.3 is 0 Å². The second-order valence-electron chi connectivity index (χ2n) is 4.86. The molecule has 22 heavy (non-hydrogen) atoms. The molecule has 1 aliphatic rings. The number of carbonyl (C=O) groups is 1. The molecule has 2 aromatic carbocycles. The van der Waals surface area contributed by atoms with Gasteiger partial charge in [0.25, 0.3) is 5.91 Å². The first-order chi connectivity index (χ1) is 10.6. The average Bonchev–Trinajstić information content (AvgIpc) is 2.79. The van der Waals surface area contributed by atoms with Crippen molar-refractivity contribution in [2.45, 2.75) is 6.92 Å². The lowest BCUT2D eigenvalue weighted by molar-refractivity contribution is -0.114. The summed E-state index contributed by atoms with van der Waals surface area (Å²) in [5, 5.41) is 6.78. The number of nitrogens with zero attached hydrogens (tertiary/aromatic N) is 2. The summed E-state index contributed by atoms with van der Waals surface area (Å²) in [7, 11) is 0. The maximum absolute atomic E-state index is 12.6. The third-order valence-corrected chi connectivity index (χ3v) is 3.89. The van der Waals surface area contributed by atoms with Crippen molar-refractivity contribution in [2.24, 2.45) is 5.10 Å². The summed E-state index contributed by atoms with van der Waals surface area (Å²) in [6.07, 6.45) is 1.74. The predicted octanol–water partition coefficient (Wildman–Crippen LogP) is 4.80. The zero-order chi connectivity index (χ0) is 15.7. The molecule has 0 unspecified atom stereocenters. The molecule has 0 atom stereocenters. The molecule has 1 amide bonds. The number of hydrazone groups is 1. The lowest BCUT2D eigenvalue weighted by Gasteiger charge is -2.11. The summed E-state index contributed by atoms with van der Waals surface area (Å²) >= 11 is 12.1. The second kappa shape index (κ2) is 5.95. The molecular formula is C17H12Cl2N2O. The zero-order valence-corrected chi connectivity index (χ0v) is 13.3. The van der Waals surface area contributed by atoms with Gasteiger partial charge in [0, 0.05) is 10.0 Å². The van der Waals surface area contributed by atoms with Crippen molar-refractivity contribution >= 4 is 46.6 Å². The van der Waals surface area contributed by atoms with E-state index in [0.717, 1.165) is 11.3 Å². The number of hydrogen-bond donors (Lipinski definition) is 0. The van der Waals surface area contributed by atoms with Gasteiger partial charge < -0.3 is 0 Å². The Kier molecular flexibility index (Phi) is 4.01. The summed E-state index contributed by atoms with van der Waals surface area (Å²) in [5.74, 6) is -0.172. The van der Waals surface area contributed by atoms with E-state index < -0.39 is 0 Å². The van der Waals surface area contributed by atoms with Gasteiger partial charge in [0.05, 0.1) is 17.0 Å². The maximum Gasteiger partial charge on any atom is 0.280 e. The van der Waals surface area contributed by atoms with Gasteiger partial charge in [0.2, 0.25) is 0 Å². The Bertz CT molecular complexity index is 798. The molecule has 0 fully saturated rings. The van der Waals surface area contributed by atoms with E-state index in [1.165, 1.54) is 5.01 Å². The van der Waals surface area contributed by atoms with Crippen LogP contribution in [-0.4, -0.2) is 11.6 Å². The van der Waals surface area contributed by atoms with Crippen LogP contribution in [0.2, 0.25) is 10.0 Å². The molecular weight excluding hydrogens is 319 g/mol. The fourth-order valence-electron chi connectivity index (χ4n) is 2.20. The highest BCUT2D eigenvalue weighted by molar-refractivity contribution is 6.36. The Morgan fingerprint density at radius 1 is 1.09 bits per heavy atom. The van der Waals surface area contributed by atoms with Crippen LogP contribution in [0.15, 0.2) is 59.2 Å². The third-order valence-electron chi connectivity index (χ3n) is 3.33. The maximum atomic E-state index is 12.6. The molecule has 5 heteroatoms. The van der Waals surface area contributed by atoms with Crippen LogP contribution in [0.25, 0.3) is 6.08 Å². The van der Waals surface area contributed by atoms with Crippen molar-refractivity contribution in [3.05, 3.63) is 69.7 Å². The number of halogens is 2. The van der Waals surface area contributed by atoms with Crippen molar-refractivity contribution in [1.29, 1.82) is 0 Å². The van der Waals surface area contributed by atoms with Crippen LogP contribution in [0.5, 0.6) is 0 Å². The number of rotatable bonds is 2. The molecule has 0 bridgehead atoms. The van der Waals surface area contributed by atoms with Gasteiger partial charge in [-0.05, 0) is 42.8 Å². The summed E-state index contributed by atoms with van der Waals surface area (Å²) < 4.78 is 0. The molecule has 0 aliphatic carbocycles. The third kappa shape index (κ3) is 2.78. The topological polar surface area (TPSA) is 32.7 Å². The SMILES string of the molecule is CC1=NN(c2ccccc2)C(=O)/C1=C/c1ccc(Cl)cc1Cl. The summed E-state index contributed by atoms with van der Waals surface area (Å²) in [6, 6.07) is 14.5. The molecule has 3 nitrogen and oxygen atoms in total. The number of hydrogen-bond acceptors (Lipinski definition) is 2. The van der Waals surface area contributed by atoms with Gasteiger partial charge in [-0.2, -0.15) is 10.1 Å². The Labute approximate surface area is 138 Å². The molecule has 0 spiro atoms. The highest BCUT2D eigenvalue weighted by Crippen LogP contribution is 2.27. The lowest BCUT2D eigenvalue weighted by Crippen LogP contribution is -2.21. The van der Waals surface area contributed by atoms with Crippen molar-refractivity contribution in [2.75, 3.05) is 5.01 Å². The number of para-hydroxylation sites is 1. The first kappa shape index (κ1) is 14.8. The van der Waals surface area contributed by atoms with Gasteiger partial charge in [-0.1, -0.05) is 47.5 Å². The molecule has 0 aromatic heterocycles. The minimum Gasteiger partial charge on any atom is -0.267 e. The van der Waals surface area contributed by atoms with E-state index in [1.54, 1.807) is 31.2 Å². The van der Waals surface area contributed by atoms with Gasteiger partial charge in [-0.3, -0.25) is 4.79 Å². The average molecular weight is 331 g/mol. The van der Waals surface area contributed by atoms with E-state index >= 15 is 0 Å². The molecule has 2 aromatic rings. The smallest absolute Gasteiger partial charge is 0.267 e. The van der Waals surface area contributed by atoms with Crippen LogP contribution < -0.4 is 5.01 Å².